The van der Waals surface area contributed by atoms with E-state index in [1.165, 1.54) is 0 Å². The maximum Gasteiger partial charge on any atom is 0.259 e. The Bertz CT molecular complexity index is 1380. The number of fused-ring (bicyclic) bond motifs is 1. The van der Waals surface area contributed by atoms with Gasteiger partial charge >= 0.3 is 0 Å². The molecule has 8 heteroatoms. The van der Waals surface area contributed by atoms with E-state index in [2.05, 4.69) is 16.8 Å². The zero-order chi connectivity index (χ0) is 24.8. The van der Waals surface area contributed by atoms with Crippen LogP contribution in [0.25, 0.3) is 28.3 Å². The number of halogens is 1. The number of hydrogen-bond donors (Lipinski definition) is 1. The summed E-state index contributed by atoms with van der Waals surface area (Å²) in [7, 11) is 1.59. The van der Waals surface area contributed by atoms with Crippen LogP contribution in [0.15, 0.2) is 65.6 Å². The van der Waals surface area contributed by atoms with Crippen LogP contribution in [0.5, 0.6) is 0 Å². The molecule has 2 heterocycles. The first-order valence-corrected chi connectivity index (χ1v) is 12.2. The SMILES string of the molecule is CCCCCn1c(-c2cccc(C(=O)NCCOC)c2)cc(=O)n2cc(-c3ccc(Cl)cc3)nc12. The standard InChI is InChI=1S/C27H29ClN4O3/c1-3-4-5-14-31-24(20-7-6-8-21(16-20)26(34)29-13-15-35-2)17-25(33)32-18-23(30-27(31)32)19-9-11-22(28)12-10-19/h6-12,16-18H,3-5,13-15H2,1-2H3,(H,29,34). The molecule has 0 bridgehead atoms. The Balaban J connectivity index is 1.80. The zero-order valence-corrected chi connectivity index (χ0v) is 20.7. The van der Waals surface area contributed by atoms with Crippen LogP contribution in [-0.4, -0.2) is 40.1 Å². The van der Waals surface area contributed by atoms with Crippen molar-refractivity contribution in [3.8, 4) is 22.5 Å². The lowest BCUT2D eigenvalue weighted by molar-refractivity contribution is 0.0937. The number of aryl methyl sites for hydroxylation is 1. The molecular weight excluding hydrogens is 464 g/mol. The van der Waals surface area contributed by atoms with E-state index in [9.17, 15) is 9.59 Å². The van der Waals surface area contributed by atoms with E-state index < -0.39 is 0 Å². The summed E-state index contributed by atoms with van der Waals surface area (Å²) in [5.41, 5.74) is 3.45. The van der Waals surface area contributed by atoms with E-state index in [1.54, 1.807) is 29.8 Å². The van der Waals surface area contributed by atoms with Crippen LogP contribution in [0.3, 0.4) is 0 Å². The van der Waals surface area contributed by atoms with Gasteiger partial charge in [-0.15, -0.1) is 0 Å². The van der Waals surface area contributed by atoms with Crippen LogP contribution in [0.2, 0.25) is 5.02 Å². The second-order valence-corrected chi connectivity index (χ2v) is 8.80. The molecule has 182 valence electrons. The summed E-state index contributed by atoms with van der Waals surface area (Å²) in [6.45, 7) is 3.72. The van der Waals surface area contributed by atoms with Gasteiger partial charge in [0.05, 0.1) is 18.0 Å². The molecule has 0 saturated heterocycles. The van der Waals surface area contributed by atoms with Crippen molar-refractivity contribution in [2.75, 3.05) is 20.3 Å². The predicted octanol–water partition coefficient (Wildman–Crippen LogP) is 5.05. The third kappa shape index (κ3) is 5.63. The monoisotopic (exact) mass is 492 g/mol. The molecule has 0 saturated carbocycles. The van der Waals surface area contributed by atoms with E-state index in [4.69, 9.17) is 21.3 Å². The second-order valence-electron chi connectivity index (χ2n) is 8.36. The van der Waals surface area contributed by atoms with Gasteiger partial charge in [0.1, 0.15) is 0 Å². The van der Waals surface area contributed by atoms with E-state index in [1.807, 2.05) is 42.5 Å². The molecule has 1 N–H and O–H groups in total. The molecule has 0 unspecified atom stereocenters. The molecule has 2 aromatic carbocycles. The number of nitrogens with one attached hydrogen (secondary N) is 1. The van der Waals surface area contributed by atoms with Crippen molar-refractivity contribution in [2.45, 2.75) is 32.7 Å². The second kappa shape index (κ2) is 11.3. The number of imidazole rings is 1. The van der Waals surface area contributed by atoms with Gasteiger partial charge in [-0.05, 0) is 36.2 Å². The van der Waals surface area contributed by atoms with Gasteiger partial charge in [-0.3, -0.25) is 14.0 Å². The first-order valence-electron chi connectivity index (χ1n) is 11.8. The van der Waals surface area contributed by atoms with Crippen LogP contribution >= 0.6 is 11.6 Å². The number of amides is 1. The predicted molar refractivity (Wildman–Crippen MR) is 139 cm³/mol. The number of hydrogen-bond acceptors (Lipinski definition) is 4. The molecule has 0 fully saturated rings. The maximum atomic E-state index is 13.1. The molecule has 0 atom stereocenters. The highest BCUT2D eigenvalue weighted by Gasteiger charge is 2.16. The van der Waals surface area contributed by atoms with Gasteiger partial charge < -0.3 is 14.6 Å². The lowest BCUT2D eigenvalue weighted by Gasteiger charge is -2.15. The molecule has 0 aliphatic rings. The molecule has 7 nitrogen and oxygen atoms in total. The minimum atomic E-state index is -0.185. The van der Waals surface area contributed by atoms with Gasteiger partial charge in [-0.25, -0.2) is 4.98 Å². The van der Waals surface area contributed by atoms with Gasteiger partial charge in [-0.2, -0.15) is 0 Å². The van der Waals surface area contributed by atoms with E-state index >= 15 is 0 Å². The quantitative estimate of drug-likeness (QED) is 0.314. The first-order chi connectivity index (χ1) is 17.0. The molecule has 1 amide bonds. The minimum Gasteiger partial charge on any atom is -0.383 e. The fraction of sp³-hybridized carbons (Fsp3) is 0.296. The number of unbranched alkanes of at least 4 members (excludes halogenated alkanes) is 2. The third-order valence-corrected chi connectivity index (χ3v) is 6.11. The van der Waals surface area contributed by atoms with Gasteiger partial charge in [0.15, 0.2) is 0 Å². The number of nitrogens with zero attached hydrogens (tertiary/aromatic N) is 3. The van der Waals surface area contributed by atoms with Gasteiger partial charge in [0, 0.05) is 48.6 Å². The molecule has 0 radical (unpaired) electrons. The molecule has 4 aromatic rings. The Morgan fingerprint density at radius 3 is 2.63 bits per heavy atom. The summed E-state index contributed by atoms with van der Waals surface area (Å²) in [4.78, 5) is 30.6. The molecule has 35 heavy (non-hydrogen) atoms. The number of carbonyl (C=O) groups is 1. The summed E-state index contributed by atoms with van der Waals surface area (Å²) < 4.78 is 8.66. The van der Waals surface area contributed by atoms with Gasteiger partial charge in [-0.1, -0.05) is 55.6 Å². The fourth-order valence-corrected chi connectivity index (χ4v) is 4.15. The molecule has 0 aliphatic carbocycles. The van der Waals surface area contributed by atoms with Crippen LogP contribution in [0.4, 0.5) is 0 Å². The number of rotatable bonds is 10. The van der Waals surface area contributed by atoms with Crippen molar-refractivity contribution in [1.29, 1.82) is 0 Å². The molecular formula is C27H29ClN4O3. The third-order valence-electron chi connectivity index (χ3n) is 5.85. The highest BCUT2D eigenvalue weighted by Crippen LogP contribution is 2.25. The Kier molecular flexibility index (Phi) is 8.00. The largest absolute Gasteiger partial charge is 0.383 e. The van der Waals surface area contributed by atoms with Crippen molar-refractivity contribution < 1.29 is 9.53 Å². The van der Waals surface area contributed by atoms with E-state index in [0.29, 0.717) is 41.8 Å². The highest BCUT2D eigenvalue weighted by atomic mass is 35.5. The van der Waals surface area contributed by atoms with Crippen LogP contribution in [-0.2, 0) is 11.3 Å². The van der Waals surface area contributed by atoms with Crippen LogP contribution in [0, 0.1) is 0 Å². The smallest absolute Gasteiger partial charge is 0.259 e. The summed E-state index contributed by atoms with van der Waals surface area (Å²) >= 11 is 6.04. The average Bonchev–Trinajstić information content (AvgIpc) is 3.32. The van der Waals surface area contributed by atoms with Crippen molar-refractivity contribution in [1.82, 2.24) is 19.3 Å². The van der Waals surface area contributed by atoms with Crippen LogP contribution < -0.4 is 10.9 Å². The zero-order valence-electron chi connectivity index (χ0n) is 20.0. The Hall–Kier alpha value is -3.42. The Morgan fingerprint density at radius 1 is 1.09 bits per heavy atom. The number of benzene rings is 2. The average molecular weight is 493 g/mol. The summed E-state index contributed by atoms with van der Waals surface area (Å²) in [6, 6.07) is 16.3. The highest BCUT2D eigenvalue weighted by molar-refractivity contribution is 6.30. The van der Waals surface area contributed by atoms with Gasteiger partial charge in [0.25, 0.3) is 11.5 Å². The fourth-order valence-electron chi connectivity index (χ4n) is 4.02. The summed E-state index contributed by atoms with van der Waals surface area (Å²) in [5.74, 6) is 0.388. The first kappa shape index (κ1) is 24.7. The van der Waals surface area contributed by atoms with Crippen molar-refractivity contribution in [3.05, 3.63) is 81.7 Å². The van der Waals surface area contributed by atoms with E-state index in [-0.39, 0.29) is 11.5 Å². The maximum absolute atomic E-state index is 13.1. The van der Waals surface area contributed by atoms with Crippen molar-refractivity contribution in [3.63, 3.8) is 0 Å². The summed E-state index contributed by atoms with van der Waals surface area (Å²) in [6.07, 6.45) is 4.85. The van der Waals surface area contributed by atoms with Gasteiger partial charge in [0.2, 0.25) is 5.78 Å². The van der Waals surface area contributed by atoms with Crippen molar-refractivity contribution >= 4 is 23.3 Å². The van der Waals surface area contributed by atoms with E-state index in [0.717, 1.165) is 36.1 Å². The number of carbonyl (C=O) groups excluding carboxylic acids is 1. The van der Waals surface area contributed by atoms with Crippen molar-refractivity contribution in [2.24, 2.45) is 0 Å². The number of methoxy groups -OCH3 is 1. The lowest BCUT2D eigenvalue weighted by Crippen LogP contribution is -2.27. The van der Waals surface area contributed by atoms with Crippen LogP contribution in [0.1, 0.15) is 36.5 Å². The number of ether oxygens (including phenoxy) is 1. The molecule has 0 spiro atoms. The molecule has 0 aliphatic heterocycles. The lowest BCUT2D eigenvalue weighted by atomic mass is 10.1. The Morgan fingerprint density at radius 2 is 1.89 bits per heavy atom. The molecule has 4 rings (SSSR count). The summed E-state index contributed by atoms with van der Waals surface area (Å²) in [5, 5.41) is 3.49. The Labute approximate surface area is 209 Å². The minimum absolute atomic E-state index is 0.176. The number of aromatic nitrogens is 3. The molecule has 2 aromatic heterocycles. The normalized spacial score (nSPS) is 11.2. The topological polar surface area (TPSA) is 77.6 Å².